The lowest BCUT2D eigenvalue weighted by Crippen LogP contribution is -2.10. The van der Waals surface area contributed by atoms with Gasteiger partial charge in [-0.15, -0.1) is 0 Å². The van der Waals surface area contributed by atoms with Crippen molar-refractivity contribution in [2.75, 3.05) is 7.11 Å². The van der Waals surface area contributed by atoms with Crippen LogP contribution in [0, 0.1) is 0 Å². The minimum absolute atomic E-state index is 0.248. The molecule has 0 aromatic heterocycles. The monoisotopic (exact) mass is 305 g/mol. The molecule has 2 aromatic carbocycles. The van der Waals surface area contributed by atoms with Gasteiger partial charge in [-0.3, -0.25) is 0 Å². The molecule has 0 radical (unpaired) electrons. The predicted molar refractivity (Wildman–Crippen MR) is 78.8 cm³/mol. The summed E-state index contributed by atoms with van der Waals surface area (Å²) in [6.45, 7) is 0. The lowest BCUT2D eigenvalue weighted by molar-refractivity contribution is 0.0730. The number of hydrogen-bond donors (Lipinski definition) is 1. The number of hydrogen-bond acceptors (Lipinski definition) is 5. The zero-order valence-corrected chi connectivity index (χ0v) is 11.9. The number of carbonyl (C=O) groups excluding carboxylic acids is 1. The molecule has 0 saturated heterocycles. The molecule has 0 bridgehead atoms. The summed E-state index contributed by atoms with van der Waals surface area (Å²) >= 11 is 5.95. The van der Waals surface area contributed by atoms with Crippen LogP contribution in [0.3, 0.4) is 0 Å². The predicted octanol–water partition coefficient (Wildman–Crippen LogP) is 3.38. The molecule has 5 nitrogen and oxygen atoms in total. The smallest absolute Gasteiger partial charge is 0.345 e. The van der Waals surface area contributed by atoms with E-state index in [1.54, 1.807) is 42.5 Å². The number of oxime groups is 1. The maximum Gasteiger partial charge on any atom is 0.345 e. The summed E-state index contributed by atoms with van der Waals surface area (Å²) in [7, 11) is 1.45. The summed E-state index contributed by atoms with van der Waals surface area (Å²) in [6.07, 6.45) is 1.24. The lowest BCUT2D eigenvalue weighted by atomic mass is 10.2. The van der Waals surface area contributed by atoms with Crippen molar-refractivity contribution in [3.05, 3.63) is 58.6 Å². The first-order valence-corrected chi connectivity index (χ1v) is 6.35. The molecule has 6 heteroatoms. The molecule has 0 spiro atoms. The summed E-state index contributed by atoms with van der Waals surface area (Å²) in [5, 5.41) is 11.7. The van der Waals surface area contributed by atoms with Crippen molar-refractivity contribution >= 4 is 23.8 Å². The molecule has 0 aliphatic carbocycles. The minimum Gasteiger partial charge on any atom is -0.493 e. The highest BCUT2D eigenvalue weighted by atomic mass is 35.5. The number of esters is 1. The Hall–Kier alpha value is -2.53. The van der Waals surface area contributed by atoms with E-state index in [1.165, 1.54) is 13.3 Å². The number of methoxy groups -OCH3 is 1. The summed E-state index contributed by atoms with van der Waals surface area (Å²) in [5.41, 5.74) is 0.870. The van der Waals surface area contributed by atoms with Gasteiger partial charge in [0.2, 0.25) is 0 Å². The van der Waals surface area contributed by atoms with Gasteiger partial charge in [-0.05, 0) is 30.3 Å². The van der Waals surface area contributed by atoms with Crippen molar-refractivity contribution in [1.29, 1.82) is 0 Å². The van der Waals surface area contributed by atoms with Crippen molar-refractivity contribution in [3.63, 3.8) is 0 Å². The Morgan fingerprint density at radius 3 is 2.67 bits per heavy atom. The maximum atomic E-state index is 12.1. The first-order chi connectivity index (χ1) is 10.2. The molecule has 21 heavy (non-hydrogen) atoms. The summed E-state index contributed by atoms with van der Waals surface area (Å²) in [6, 6.07) is 11.3. The van der Waals surface area contributed by atoms with Gasteiger partial charge in [-0.1, -0.05) is 28.9 Å². The third-order valence-corrected chi connectivity index (χ3v) is 3.02. The van der Waals surface area contributed by atoms with Crippen LogP contribution < -0.4 is 9.47 Å². The first-order valence-electron chi connectivity index (χ1n) is 5.98. The number of carbonyl (C=O) groups is 1. The van der Waals surface area contributed by atoms with Crippen LogP contribution in [0.4, 0.5) is 0 Å². The first kappa shape index (κ1) is 14.9. The third-order valence-electron chi connectivity index (χ3n) is 2.69. The van der Waals surface area contributed by atoms with E-state index in [9.17, 15) is 4.79 Å². The molecule has 0 fully saturated rings. The largest absolute Gasteiger partial charge is 0.493 e. The Morgan fingerprint density at radius 2 is 2.00 bits per heavy atom. The molecule has 0 saturated carbocycles. The normalized spacial score (nSPS) is 10.6. The fraction of sp³-hybridized carbons (Fsp3) is 0.0667. The summed E-state index contributed by atoms with van der Waals surface area (Å²) in [5.74, 6) is 0.00721. The van der Waals surface area contributed by atoms with Crippen LogP contribution >= 0.6 is 11.6 Å². The molecule has 1 N–H and O–H groups in total. The highest BCUT2D eigenvalue weighted by Crippen LogP contribution is 2.29. The average Bonchev–Trinajstić information content (AvgIpc) is 2.49. The highest BCUT2D eigenvalue weighted by molar-refractivity contribution is 6.33. The Morgan fingerprint density at radius 1 is 1.24 bits per heavy atom. The lowest BCUT2D eigenvalue weighted by Gasteiger charge is -2.10. The summed E-state index contributed by atoms with van der Waals surface area (Å²) in [4.78, 5) is 12.1. The minimum atomic E-state index is -0.581. The topological polar surface area (TPSA) is 68.1 Å². The van der Waals surface area contributed by atoms with Crippen molar-refractivity contribution in [2.45, 2.75) is 0 Å². The van der Waals surface area contributed by atoms with Crippen molar-refractivity contribution in [3.8, 4) is 11.5 Å². The van der Waals surface area contributed by atoms with E-state index in [2.05, 4.69) is 5.16 Å². The van der Waals surface area contributed by atoms with Gasteiger partial charge in [-0.2, -0.15) is 0 Å². The standard InChI is InChI=1S/C15H12ClNO4/c1-20-14-8-10(9-17-19)6-7-13(14)21-15(18)11-4-2-3-5-12(11)16/h2-9,19H,1H3. The van der Waals surface area contributed by atoms with Crippen LogP contribution in [-0.4, -0.2) is 24.5 Å². The zero-order chi connectivity index (χ0) is 15.2. The van der Waals surface area contributed by atoms with E-state index in [0.29, 0.717) is 16.3 Å². The zero-order valence-electron chi connectivity index (χ0n) is 11.1. The van der Waals surface area contributed by atoms with Crippen LogP contribution in [0.5, 0.6) is 11.5 Å². The Balaban J connectivity index is 2.27. The number of ether oxygens (including phenoxy) is 2. The third kappa shape index (κ3) is 3.52. The van der Waals surface area contributed by atoms with Gasteiger partial charge >= 0.3 is 5.97 Å². The van der Waals surface area contributed by atoms with Gasteiger partial charge < -0.3 is 14.7 Å². The van der Waals surface area contributed by atoms with E-state index < -0.39 is 5.97 Å². The van der Waals surface area contributed by atoms with Crippen LogP contribution in [0.15, 0.2) is 47.6 Å². The molecule has 0 aliphatic heterocycles. The molecular formula is C15H12ClNO4. The van der Waals surface area contributed by atoms with Crippen molar-refractivity contribution in [1.82, 2.24) is 0 Å². The second kappa shape index (κ2) is 6.76. The van der Waals surface area contributed by atoms with E-state index in [1.807, 2.05) is 0 Å². The molecular weight excluding hydrogens is 294 g/mol. The summed E-state index contributed by atoms with van der Waals surface area (Å²) < 4.78 is 10.4. The van der Waals surface area contributed by atoms with Crippen LogP contribution in [0.1, 0.15) is 15.9 Å². The Kier molecular flexibility index (Phi) is 4.79. The molecule has 0 unspecified atom stereocenters. The molecule has 0 atom stereocenters. The number of nitrogens with zero attached hydrogens (tertiary/aromatic N) is 1. The van der Waals surface area contributed by atoms with E-state index in [0.717, 1.165) is 0 Å². The van der Waals surface area contributed by atoms with E-state index in [4.69, 9.17) is 26.3 Å². The molecule has 2 rings (SSSR count). The molecule has 108 valence electrons. The second-order valence-corrected chi connectivity index (χ2v) is 4.43. The van der Waals surface area contributed by atoms with Gasteiger partial charge in [0.05, 0.1) is 23.9 Å². The fourth-order valence-electron chi connectivity index (χ4n) is 1.70. The van der Waals surface area contributed by atoms with Gasteiger partial charge in [0.1, 0.15) is 0 Å². The van der Waals surface area contributed by atoms with Crippen LogP contribution in [0.2, 0.25) is 5.02 Å². The van der Waals surface area contributed by atoms with Crippen LogP contribution in [0.25, 0.3) is 0 Å². The van der Waals surface area contributed by atoms with Crippen LogP contribution in [-0.2, 0) is 0 Å². The van der Waals surface area contributed by atoms with Crippen molar-refractivity contribution < 1.29 is 19.5 Å². The molecule has 0 aliphatic rings. The number of halogens is 1. The van der Waals surface area contributed by atoms with Gasteiger partial charge in [-0.25, -0.2) is 4.79 Å². The SMILES string of the molecule is COc1cc(C=NO)ccc1OC(=O)c1ccccc1Cl. The Bertz CT molecular complexity index is 685. The number of rotatable bonds is 4. The second-order valence-electron chi connectivity index (χ2n) is 4.02. The van der Waals surface area contributed by atoms with Crippen molar-refractivity contribution in [2.24, 2.45) is 5.16 Å². The molecule has 0 heterocycles. The number of benzene rings is 2. The van der Waals surface area contributed by atoms with Gasteiger partial charge in [0, 0.05) is 5.56 Å². The van der Waals surface area contributed by atoms with Gasteiger partial charge in [0.15, 0.2) is 11.5 Å². The average molecular weight is 306 g/mol. The molecule has 2 aromatic rings. The Labute approximate surface area is 126 Å². The quantitative estimate of drug-likeness (QED) is 0.309. The van der Waals surface area contributed by atoms with Gasteiger partial charge in [0.25, 0.3) is 0 Å². The fourth-order valence-corrected chi connectivity index (χ4v) is 1.91. The highest BCUT2D eigenvalue weighted by Gasteiger charge is 2.15. The molecule has 0 amide bonds. The van der Waals surface area contributed by atoms with E-state index >= 15 is 0 Å². The van der Waals surface area contributed by atoms with E-state index in [-0.39, 0.29) is 11.3 Å². The maximum absolute atomic E-state index is 12.1.